The number of hydrogen-bond donors (Lipinski definition) is 1. The summed E-state index contributed by atoms with van der Waals surface area (Å²) in [6, 6.07) is 1.34. The van der Waals surface area contributed by atoms with Crippen LogP contribution in [0.5, 0.6) is 0 Å². The molecule has 2 N–H and O–H groups in total. The Labute approximate surface area is 76.8 Å². The fourth-order valence-corrected chi connectivity index (χ4v) is 0.777. The minimum atomic E-state index is -2.54. The van der Waals surface area contributed by atoms with Gasteiger partial charge >= 0.3 is 0 Å². The van der Waals surface area contributed by atoms with Crippen molar-refractivity contribution in [2.75, 3.05) is 5.73 Å². The minimum Gasteiger partial charge on any atom is -0.383 e. The molecule has 1 heterocycles. The number of aromatic nitrogens is 1. The zero-order valence-electron chi connectivity index (χ0n) is 8.01. The van der Waals surface area contributed by atoms with Crippen molar-refractivity contribution < 1.29 is 8.78 Å². The average molecular weight is 188 g/mol. The van der Waals surface area contributed by atoms with Gasteiger partial charge in [-0.2, -0.15) is 0 Å². The van der Waals surface area contributed by atoms with Crippen molar-refractivity contribution in [3.05, 3.63) is 23.4 Å². The normalized spacial score (nSPS) is 9.38. The van der Waals surface area contributed by atoms with Crippen LogP contribution in [0.25, 0.3) is 0 Å². The lowest BCUT2D eigenvalue weighted by Gasteiger charge is -2.03. The molecule has 0 aromatic carbocycles. The van der Waals surface area contributed by atoms with Crippen LogP contribution in [0.15, 0.2) is 12.3 Å². The van der Waals surface area contributed by atoms with Crippen molar-refractivity contribution in [2.45, 2.75) is 27.2 Å². The molecule has 0 spiro atoms. The van der Waals surface area contributed by atoms with Gasteiger partial charge < -0.3 is 5.73 Å². The monoisotopic (exact) mass is 188 g/mol. The van der Waals surface area contributed by atoms with E-state index >= 15 is 0 Å². The summed E-state index contributed by atoms with van der Waals surface area (Å²) in [6.45, 7) is 5.69. The number of rotatable bonds is 1. The molecule has 2 nitrogen and oxygen atoms in total. The van der Waals surface area contributed by atoms with Crippen molar-refractivity contribution in [3.63, 3.8) is 0 Å². The van der Waals surface area contributed by atoms with Gasteiger partial charge in [0.15, 0.2) is 0 Å². The second-order valence-electron chi connectivity index (χ2n) is 2.29. The first-order valence-electron chi connectivity index (χ1n) is 4.11. The molecule has 4 heteroatoms. The summed E-state index contributed by atoms with van der Waals surface area (Å²) in [5, 5.41) is 0. The third-order valence-electron chi connectivity index (χ3n) is 1.32. The lowest BCUT2D eigenvalue weighted by atomic mass is 10.2. The van der Waals surface area contributed by atoms with Crippen molar-refractivity contribution in [2.24, 2.45) is 0 Å². The van der Waals surface area contributed by atoms with Crippen LogP contribution in [0.4, 0.5) is 14.6 Å². The molecule has 0 aliphatic rings. The summed E-state index contributed by atoms with van der Waals surface area (Å²) in [6.07, 6.45) is -1.08. The molecule has 1 aromatic rings. The van der Waals surface area contributed by atoms with Gasteiger partial charge in [0.25, 0.3) is 6.43 Å². The zero-order valence-corrected chi connectivity index (χ0v) is 8.01. The highest BCUT2D eigenvalue weighted by atomic mass is 19.3. The summed E-state index contributed by atoms with van der Waals surface area (Å²) in [4.78, 5) is 3.60. The Morgan fingerprint density at radius 2 is 1.92 bits per heavy atom. The van der Waals surface area contributed by atoms with Crippen LogP contribution in [0, 0.1) is 6.92 Å². The Morgan fingerprint density at radius 3 is 2.31 bits per heavy atom. The van der Waals surface area contributed by atoms with E-state index in [1.807, 2.05) is 13.8 Å². The number of alkyl halides is 2. The Hall–Kier alpha value is -1.19. The molecule has 1 rings (SSSR count). The summed E-state index contributed by atoms with van der Waals surface area (Å²) in [5.74, 6) is -0.0920. The van der Waals surface area contributed by atoms with Gasteiger partial charge in [0, 0.05) is 6.20 Å². The second-order valence-corrected chi connectivity index (χ2v) is 2.29. The number of anilines is 1. The predicted octanol–water partition coefficient (Wildman–Crippen LogP) is 2.94. The first-order chi connectivity index (χ1) is 6.11. The molecule has 13 heavy (non-hydrogen) atoms. The highest BCUT2D eigenvalue weighted by Gasteiger charge is 2.11. The van der Waals surface area contributed by atoms with Crippen LogP contribution in [0.2, 0.25) is 0 Å². The van der Waals surface area contributed by atoms with E-state index in [1.165, 1.54) is 12.3 Å². The largest absolute Gasteiger partial charge is 0.383 e. The number of aryl methyl sites for hydroxylation is 1. The Kier molecular flexibility index (Phi) is 4.96. The fourth-order valence-electron chi connectivity index (χ4n) is 0.777. The zero-order chi connectivity index (χ0) is 10.4. The third kappa shape index (κ3) is 3.36. The number of halogens is 2. The third-order valence-corrected chi connectivity index (χ3v) is 1.32. The number of nitrogens with zero attached hydrogens (tertiary/aromatic N) is 1. The molecule has 0 unspecified atom stereocenters. The maximum Gasteiger partial charge on any atom is 0.267 e. The summed E-state index contributed by atoms with van der Waals surface area (Å²) in [7, 11) is 0. The first-order valence-corrected chi connectivity index (χ1v) is 4.11. The summed E-state index contributed by atoms with van der Waals surface area (Å²) in [5.41, 5.74) is 5.70. The molecule has 0 saturated carbocycles. The molecule has 0 aliphatic carbocycles. The first kappa shape index (κ1) is 11.8. The summed E-state index contributed by atoms with van der Waals surface area (Å²) >= 11 is 0. The number of nitrogen functional groups attached to an aromatic ring is 1. The van der Waals surface area contributed by atoms with E-state index in [1.54, 1.807) is 6.92 Å². The fraction of sp³-hybridized carbons (Fsp3) is 0.444. The van der Waals surface area contributed by atoms with E-state index < -0.39 is 6.43 Å². The van der Waals surface area contributed by atoms with Gasteiger partial charge in [0.05, 0.1) is 5.56 Å². The van der Waals surface area contributed by atoms with Gasteiger partial charge in [-0.25, -0.2) is 13.8 Å². The molecule has 0 atom stereocenters. The molecule has 0 fully saturated rings. The topological polar surface area (TPSA) is 38.9 Å². The Balaban J connectivity index is 0.000000671. The smallest absolute Gasteiger partial charge is 0.267 e. The van der Waals surface area contributed by atoms with Gasteiger partial charge in [-0.3, -0.25) is 0 Å². The molecule has 0 amide bonds. The van der Waals surface area contributed by atoms with Crippen molar-refractivity contribution >= 4 is 5.82 Å². The molecular formula is C9H14F2N2. The highest BCUT2D eigenvalue weighted by molar-refractivity contribution is 5.41. The van der Waals surface area contributed by atoms with Crippen LogP contribution < -0.4 is 5.73 Å². The maximum atomic E-state index is 12.1. The molecule has 74 valence electrons. The van der Waals surface area contributed by atoms with E-state index in [4.69, 9.17) is 5.73 Å². The van der Waals surface area contributed by atoms with E-state index in [9.17, 15) is 8.78 Å². The van der Waals surface area contributed by atoms with E-state index in [2.05, 4.69) is 4.98 Å². The summed E-state index contributed by atoms with van der Waals surface area (Å²) < 4.78 is 24.2. The Bertz CT molecular complexity index is 262. The van der Waals surface area contributed by atoms with E-state index in [0.717, 1.165) is 0 Å². The van der Waals surface area contributed by atoms with Gasteiger partial charge in [-0.05, 0) is 18.6 Å². The molecule has 0 radical (unpaired) electrons. The van der Waals surface area contributed by atoms with Gasteiger partial charge in [-0.15, -0.1) is 0 Å². The van der Waals surface area contributed by atoms with Crippen molar-refractivity contribution in [3.8, 4) is 0 Å². The second kappa shape index (κ2) is 5.45. The van der Waals surface area contributed by atoms with E-state index in [0.29, 0.717) is 5.56 Å². The molecular weight excluding hydrogens is 174 g/mol. The molecule has 0 aliphatic heterocycles. The van der Waals surface area contributed by atoms with Crippen LogP contribution in [-0.4, -0.2) is 4.98 Å². The van der Waals surface area contributed by atoms with Crippen LogP contribution in [-0.2, 0) is 0 Å². The predicted molar refractivity (Wildman–Crippen MR) is 49.7 cm³/mol. The Morgan fingerprint density at radius 1 is 1.38 bits per heavy atom. The lowest BCUT2D eigenvalue weighted by Crippen LogP contribution is -1.98. The number of hydrogen-bond acceptors (Lipinski definition) is 2. The number of pyridine rings is 1. The van der Waals surface area contributed by atoms with Crippen LogP contribution in [0.3, 0.4) is 0 Å². The van der Waals surface area contributed by atoms with Gasteiger partial charge in [0.1, 0.15) is 5.82 Å². The quantitative estimate of drug-likeness (QED) is 0.735. The SMILES string of the molecule is CC.Cc1cnc(N)c(C(F)F)c1. The van der Waals surface area contributed by atoms with Gasteiger partial charge in [0.2, 0.25) is 0 Å². The number of nitrogens with two attached hydrogens (primary N) is 1. The van der Waals surface area contributed by atoms with Crippen molar-refractivity contribution in [1.82, 2.24) is 4.98 Å². The van der Waals surface area contributed by atoms with Gasteiger partial charge in [-0.1, -0.05) is 13.8 Å². The standard InChI is InChI=1S/C7H8F2N2.C2H6/c1-4-2-5(6(8)9)7(10)11-3-4;1-2/h2-3,6H,1H3,(H2,10,11);1-2H3. The molecule has 1 aromatic heterocycles. The van der Waals surface area contributed by atoms with Crippen LogP contribution in [0.1, 0.15) is 31.4 Å². The highest BCUT2D eigenvalue weighted by Crippen LogP contribution is 2.23. The lowest BCUT2D eigenvalue weighted by molar-refractivity contribution is 0.152. The van der Waals surface area contributed by atoms with Crippen LogP contribution >= 0.6 is 0 Å². The maximum absolute atomic E-state index is 12.1. The minimum absolute atomic E-state index is 0.0920. The average Bonchev–Trinajstić information content (AvgIpc) is 2.12. The van der Waals surface area contributed by atoms with Crippen molar-refractivity contribution in [1.29, 1.82) is 0 Å². The molecule has 0 bridgehead atoms. The molecule has 0 saturated heterocycles. The van der Waals surface area contributed by atoms with E-state index in [-0.39, 0.29) is 11.4 Å².